The van der Waals surface area contributed by atoms with Crippen LogP contribution in [-0.2, 0) is 33.3 Å². The van der Waals surface area contributed by atoms with Gasteiger partial charge < -0.3 is 19.3 Å². The highest BCUT2D eigenvalue weighted by molar-refractivity contribution is 7.87. The SMILES string of the molecule is CC(=O)OC[C@H]1O[C@H](O)[C@H](OC(C)C)[C@@H]1OS(=O)(=O)C(F)(F)F. The Morgan fingerprint density at radius 1 is 1.30 bits per heavy atom. The molecule has 4 atom stereocenters. The smallest absolute Gasteiger partial charge is 0.463 e. The summed E-state index contributed by atoms with van der Waals surface area (Å²) in [6, 6.07) is 0. The van der Waals surface area contributed by atoms with E-state index in [1.165, 1.54) is 13.8 Å². The van der Waals surface area contributed by atoms with Gasteiger partial charge in [0.05, 0.1) is 6.10 Å². The Balaban J connectivity index is 3.01. The molecule has 0 radical (unpaired) electrons. The van der Waals surface area contributed by atoms with Crippen LogP contribution in [0.15, 0.2) is 0 Å². The summed E-state index contributed by atoms with van der Waals surface area (Å²) in [5.41, 5.74) is -5.66. The van der Waals surface area contributed by atoms with Gasteiger partial charge in [0, 0.05) is 6.92 Å². The van der Waals surface area contributed by atoms with Gasteiger partial charge in [-0.05, 0) is 13.8 Å². The van der Waals surface area contributed by atoms with E-state index in [1.807, 2.05) is 0 Å². The summed E-state index contributed by atoms with van der Waals surface area (Å²) < 4.78 is 78.5. The van der Waals surface area contributed by atoms with Crippen molar-refractivity contribution in [1.82, 2.24) is 0 Å². The molecule has 0 aliphatic carbocycles. The number of carbonyl (C=O) groups is 1. The lowest BCUT2D eigenvalue weighted by Gasteiger charge is -2.24. The zero-order chi connectivity index (χ0) is 18.0. The van der Waals surface area contributed by atoms with Crippen LogP contribution in [0.4, 0.5) is 13.2 Å². The number of rotatable bonds is 6. The Hall–Kier alpha value is -0.950. The highest BCUT2D eigenvalue weighted by Gasteiger charge is 2.55. The normalized spacial score (nSPS) is 29.0. The van der Waals surface area contributed by atoms with E-state index in [1.54, 1.807) is 0 Å². The molecule has 12 heteroatoms. The van der Waals surface area contributed by atoms with Crippen molar-refractivity contribution in [3.05, 3.63) is 0 Å². The molecule has 1 N–H and O–H groups in total. The van der Waals surface area contributed by atoms with Crippen LogP contribution in [0.1, 0.15) is 20.8 Å². The lowest BCUT2D eigenvalue weighted by molar-refractivity contribution is -0.163. The number of halogens is 3. The highest BCUT2D eigenvalue weighted by atomic mass is 32.2. The summed E-state index contributed by atoms with van der Waals surface area (Å²) in [5.74, 6) is -0.770. The van der Waals surface area contributed by atoms with Gasteiger partial charge in [-0.3, -0.25) is 8.98 Å². The van der Waals surface area contributed by atoms with Crippen LogP contribution in [0.3, 0.4) is 0 Å². The predicted molar refractivity (Wildman–Crippen MR) is 67.4 cm³/mol. The number of carbonyl (C=O) groups excluding carboxylic acids is 1. The molecular weight excluding hydrogens is 349 g/mol. The van der Waals surface area contributed by atoms with Gasteiger partial charge >= 0.3 is 21.6 Å². The zero-order valence-electron chi connectivity index (χ0n) is 12.4. The monoisotopic (exact) mass is 366 g/mol. The minimum atomic E-state index is -5.96. The maximum absolute atomic E-state index is 12.5. The van der Waals surface area contributed by atoms with Gasteiger partial charge in [-0.15, -0.1) is 0 Å². The Kier molecular flexibility index (Phi) is 6.38. The van der Waals surface area contributed by atoms with E-state index in [-0.39, 0.29) is 0 Å². The second-order valence-corrected chi connectivity index (χ2v) is 6.54. The number of aliphatic hydroxyl groups is 1. The van der Waals surface area contributed by atoms with Crippen LogP contribution in [0.5, 0.6) is 0 Å². The summed E-state index contributed by atoms with van der Waals surface area (Å²) in [6.45, 7) is 3.46. The molecule has 0 spiro atoms. The average Bonchev–Trinajstić information content (AvgIpc) is 2.62. The standard InChI is InChI=1S/C11H17F3O8S/c1-5(2)20-9-8(22-23(17,18)11(12,13)14)7(21-10(9)16)4-19-6(3)15/h5,7-10,16H,4H2,1-3H3/t7-,8-,9-,10+/m1/s1. The number of esters is 1. The van der Waals surface area contributed by atoms with Gasteiger partial charge in [0.2, 0.25) is 0 Å². The molecule has 1 rings (SSSR count). The molecule has 1 saturated heterocycles. The van der Waals surface area contributed by atoms with Gasteiger partial charge in [-0.25, -0.2) is 0 Å². The number of alkyl halides is 3. The predicted octanol–water partition coefficient (Wildman–Crippen LogP) is 0.295. The van der Waals surface area contributed by atoms with Crippen LogP contribution in [0.2, 0.25) is 0 Å². The Morgan fingerprint density at radius 2 is 1.87 bits per heavy atom. The third kappa shape index (κ3) is 5.28. The van der Waals surface area contributed by atoms with Crippen molar-refractivity contribution in [2.24, 2.45) is 0 Å². The molecule has 0 bridgehead atoms. The molecule has 23 heavy (non-hydrogen) atoms. The maximum Gasteiger partial charge on any atom is 0.523 e. The third-order valence-corrected chi connectivity index (χ3v) is 3.73. The van der Waals surface area contributed by atoms with E-state index in [2.05, 4.69) is 8.92 Å². The van der Waals surface area contributed by atoms with E-state index >= 15 is 0 Å². The van der Waals surface area contributed by atoms with Gasteiger partial charge in [0.1, 0.15) is 24.9 Å². The summed E-state index contributed by atoms with van der Waals surface area (Å²) in [4.78, 5) is 10.8. The van der Waals surface area contributed by atoms with Crippen molar-refractivity contribution in [1.29, 1.82) is 0 Å². The molecule has 0 aromatic heterocycles. The molecule has 0 unspecified atom stereocenters. The van der Waals surface area contributed by atoms with Crippen molar-refractivity contribution < 1.29 is 49.9 Å². The number of hydrogen-bond acceptors (Lipinski definition) is 8. The average molecular weight is 366 g/mol. The van der Waals surface area contributed by atoms with Crippen LogP contribution in [0, 0.1) is 0 Å². The fourth-order valence-electron chi connectivity index (χ4n) is 1.82. The molecule has 0 amide bonds. The topological polar surface area (TPSA) is 108 Å². The first-order valence-corrected chi connectivity index (χ1v) is 7.88. The largest absolute Gasteiger partial charge is 0.523 e. The van der Waals surface area contributed by atoms with Gasteiger partial charge in [0.25, 0.3) is 0 Å². The van der Waals surface area contributed by atoms with Gasteiger partial charge in [-0.2, -0.15) is 21.6 Å². The second kappa shape index (κ2) is 7.30. The number of ether oxygens (including phenoxy) is 3. The Bertz CT molecular complexity index is 518. The molecule has 0 saturated carbocycles. The first-order chi connectivity index (χ1) is 10.3. The van der Waals surface area contributed by atoms with Crippen molar-refractivity contribution >= 4 is 16.1 Å². The lowest BCUT2D eigenvalue weighted by atomic mass is 10.1. The molecule has 0 aromatic rings. The fraction of sp³-hybridized carbons (Fsp3) is 0.909. The van der Waals surface area contributed by atoms with Crippen LogP contribution < -0.4 is 0 Å². The van der Waals surface area contributed by atoms with E-state index < -0.39 is 58.9 Å². The van der Waals surface area contributed by atoms with E-state index in [9.17, 15) is 31.5 Å². The van der Waals surface area contributed by atoms with Crippen LogP contribution in [-0.4, -0.2) is 62.3 Å². The maximum atomic E-state index is 12.5. The van der Waals surface area contributed by atoms with Gasteiger partial charge in [0.15, 0.2) is 6.29 Å². The second-order valence-electron chi connectivity index (χ2n) is 4.98. The van der Waals surface area contributed by atoms with Crippen molar-refractivity contribution in [2.45, 2.75) is 57.0 Å². The molecule has 1 fully saturated rings. The minimum absolute atomic E-state index is 0.564. The van der Waals surface area contributed by atoms with Gasteiger partial charge in [-0.1, -0.05) is 0 Å². The molecule has 1 aliphatic heterocycles. The Morgan fingerprint density at radius 3 is 2.30 bits per heavy atom. The summed E-state index contributed by atoms with van der Waals surface area (Å²) in [5, 5.41) is 9.70. The van der Waals surface area contributed by atoms with E-state index in [4.69, 9.17) is 9.47 Å². The van der Waals surface area contributed by atoms with Crippen molar-refractivity contribution in [3.63, 3.8) is 0 Å². The quantitative estimate of drug-likeness (QED) is 0.406. The fourth-order valence-corrected chi connectivity index (χ4v) is 2.45. The lowest BCUT2D eigenvalue weighted by Crippen LogP contribution is -2.44. The minimum Gasteiger partial charge on any atom is -0.463 e. The van der Waals surface area contributed by atoms with Crippen LogP contribution >= 0.6 is 0 Å². The number of hydrogen-bond donors (Lipinski definition) is 1. The molecule has 0 aromatic carbocycles. The summed E-state index contributed by atoms with van der Waals surface area (Å²) in [7, 11) is -5.96. The molecule has 1 heterocycles. The number of aliphatic hydroxyl groups excluding tert-OH is 1. The molecule has 8 nitrogen and oxygen atoms in total. The highest BCUT2D eigenvalue weighted by Crippen LogP contribution is 2.32. The van der Waals surface area contributed by atoms with E-state index in [0.717, 1.165) is 6.92 Å². The molecule has 136 valence electrons. The zero-order valence-corrected chi connectivity index (χ0v) is 13.3. The molecule has 1 aliphatic rings. The van der Waals surface area contributed by atoms with Crippen molar-refractivity contribution in [2.75, 3.05) is 6.61 Å². The third-order valence-electron chi connectivity index (χ3n) is 2.69. The summed E-state index contributed by atoms with van der Waals surface area (Å²) >= 11 is 0. The van der Waals surface area contributed by atoms with E-state index in [0.29, 0.717) is 0 Å². The first kappa shape index (κ1) is 20.1. The van der Waals surface area contributed by atoms with Crippen LogP contribution in [0.25, 0.3) is 0 Å². The van der Waals surface area contributed by atoms with Crippen molar-refractivity contribution in [3.8, 4) is 0 Å². The summed E-state index contributed by atoms with van der Waals surface area (Å²) in [6.07, 6.45) is -7.10. The molecular formula is C11H17F3O8S. The first-order valence-electron chi connectivity index (χ1n) is 6.47. The Labute approximate surface area is 130 Å².